The van der Waals surface area contributed by atoms with Gasteiger partial charge in [0.2, 0.25) is 0 Å². The summed E-state index contributed by atoms with van der Waals surface area (Å²) in [4.78, 5) is 12.1. The summed E-state index contributed by atoms with van der Waals surface area (Å²) in [5.41, 5.74) is -1.23. The van der Waals surface area contributed by atoms with Gasteiger partial charge in [-0.25, -0.2) is 8.78 Å². The number of carboxylic acid groups (broad SMARTS) is 1. The van der Waals surface area contributed by atoms with Gasteiger partial charge in [-0.1, -0.05) is 0 Å². The van der Waals surface area contributed by atoms with Crippen LogP contribution in [0.2, 0.25) is 0 Å². The SMILES string of the molecule is O=C(O)C12CCN1CC(F)(F)C2. The van der Waals surface area contributed by atoms with Crippen molar-refractivity contribution in [2.24, 2.45) is 0 Å². The minimum atomic E-state index is -2.81. The van der Waals surface area contributed by atoms with Crippen LogP contribution in [0.5, 0.6) is 0 Å². The molecule has 5 heteroatoms. The van der Waals surface area contributed by atoms with Crippen molar-refractivity contribution in [1.82, 2.24) is 4.90 Å². The number of aliphatic carboxylic acids is 1. The summed E-state index contributed by atoms with van der Waals surface area (Å²) in [5.74, 6) is -3.92. The second-order valence-electron chi connectivity index (χ2n) is 3.54. The zero-order chi connectivity index (χ0) is 8.98. The van der Waals surface area contributed by atoms with Gasteiger partial charge in [0.1, 0.15) is 5.54 Å². The maximum absolute atomic E-state index is 12.8. The predicted octanol–water partition coefficient (Wildman–Crippen LogP) is 0.555. The summed E-state index contributed by atoms with van der Waals surface area (Å²) in [6, 6.07) is 0. The maximum atomic E-state index is 12.8. The van der Waals surface area contributed by atoms with Crippen LogP contribution in [0.25, 0.3) is 0 Å². The Hall–Kier alpha value is -0.710. The topological polar surface area (TPSA) is 40.5 Å². The molecule has 1 N–H and O–H groups in total. The number of hydrogen-bond donors (Lipinski definition) is 1. The molecule has 0 spiro atoms. The fourth-order valence-electron chi connectivity index (χ4n) is 2.05. The Kier molecular flexibility index (Phi) is 1.29. The molecule has 2 fully saturated rings. The molecule has 1 unspecified atom stereocenters. The van der Waals surface area contributed by atoms with E-state index in [-0.39, 0.29) is 6.54 Å². The van der Waals surface area contributed by atoms with Crippen LogP contribution in [0.4, 0.5) is 8.78 Å². The minimum absolute atomic E-state index is 0.359. The van der Waals surface area contributed by atoms with Crippen LogP contribution in [0.1, 0.15) is 12.8 Å². The lowest BCUT2D eigenvalue weighted by atomic mass is 9.85. The van der Waals surface area contributed by atoms with Gasteiger partial charge in [-0.15, -0.1) is 0 Å². The first-order valence-corrected chi connectivity index (χ1v) is 3.83. The van der Waals surface area contributed by atoms with E-state index >= 15 is 0 Å². The van der Waals surface area contributed by atoms with E-state index < -0.39 is 23.9 Å². The summed E-state index contributed by atoms with van der Waals surface area (Å²) >= 11 is 0. The summed E-state index contributed by atoms with van der Waals surface area (Å²) in [6.45, 7) is 0.0984. The molecule has 0 saturated carbocycles. The van der Waals surface area contributed by atoms with Gasteiger partial charge in [-0.3, -0.25) is 9.69 Å². The van der Waals surface area contributed by atoms with Crippen LogP contribution in [0, 0.1) is 0 Å². The molecular weight excluding hydrogens is 168 g/mol. The van der Waals surface area contributed by atoms with Gasteiger partial charge in [-0.2, -0.15) is 0 Å². The van der Waals surface area contributed by atoms with Crippen molar-refractivity contribution in [3.63, 3.8) is 0 Å². The maximum Gasteiger partial charge on any atom is 0.324 e. The normalized spacial score (nSPS) is 38.8. The molecule has 0 aromatic heterocycles. The number of fused-ring (bicyclic) bond motifs is 1. The van der Waals surface area contributed by atoms with Crippen molar-refractivity contribution >= 4 is 5.97 Å². The molecular formula is C7H9F2NO2. The van der Waals surface area contributed by atoms with Crippen LogP contribution in [0.3, 0.4) is 0 Å². The van der Waals surface area contributed by atoms with Crippen molar-refractivity contribution in [2.75, 3.05) is 13.1 Å². The van der Waals surface area contributed by atoms with Crippen LogP contribution >= 0.6 is 0 Å². The molecule has 0 bridgehead atoms. The zero-order valence-electron chi connectivity index (χ0n) is 6.39. The molecule has 0 aliphatic carbocycles. The van der Waals surface area contributed by atoms with Crippen LogP contribution in [-0.2, 0) is 4.79 Å². The second kappa shape index (κ2) is 1.96. The molecule has 2 aliphatic rings. The molecule has 0 radical (unpaired) electrons. The van der Waals surface area contributed by atoms with E-state index in [0.717, 1.165) is 0 Å². The molecule has 0 amide bonds. The van der Waals surface area contributed by atoms with E-state index in [1.54, 1.807) is 0 Å². The average Bonchev–Trinajstić information content (AvgIpc) is 2.08. The lowest BCUT2D eigenvalue weighted by Crippen LogP contribution is -2.60. The highest BCUT2D eigenvalue weighted by molar-refractivity contribution is 5.80. The van der Waals surface area contributed by atoms with E-state index in [2.05, 4.69) is 0 Å². The third-order valence-electron chi connectivity index (χ3n) is 2.77. The van der Waals surface area contributed by atoms with Gasteiger partial charge in [0.15, 0.2) is 0 Å². The van der Waals surface area contributed by atoms with Crippen LogP contribution < -0.4 is 0 Å². The summed E-state index contributed by atoms with van der Waals surface area (Å²) in [6.07, 6.45) is -0.159. The summed E-state index contributed by atoms with van der Waals surface area (Å²) in [5, 5.41) is 8.75. The summed E-state index contributed by atoms with van der Waals surface area (Å²) in [7, 11) is 0. The predicted molar refractivity (Wildman–Crippen MR) is 36.1 cm³/mol. The Morgan fingerprint density at radius 3 is 2.42 bits per heavy atom. The first-order chi connectivity index (χ1) is 5.46. The first kappa shape index (κ1) is 7.91. The second-order valence-corrected chi connectivity index (χ2v) is 3.54. The fourth-order valence-corrected chi connectivity index (χ4v) is 2.05. The molecule has 2 heterocycles. The van der Waals surface area contributed by atoms with Gasteiger partial charge in [-0.05, 0) is 6.42 Å². The van der Waals surface area contributed by atoms with Gasteiger partial charge in [0.05, 0.1) is 6.54 Å². The van der Waals surface area contributed by atoms with E-state index in [1.807, 2.05) is 0 Å². The Bertz CT molecular complexity index is 244. The number of hydrogen-bond acceptors (Lipinski definition) is 2. The third-order valence-corrected chi connectivity index (χ3v) is 2.77. The van der Waals surface area contributed by atoms with E-state index in [4.69, 9.17) is 5.11 Å². The molecule has 3 nitrogen and oxygen atoms in total. The number of nitrogens with zero attached hydrogens (tertiary/aromatic N) is 1. The highest BCUT2D eigenvalue weighted by Crippen LogP contribution is 2.47. The van der Waals surface area contributed by atoms with E-state index in [9.17, 15) is 13.6 Å². The highest BCUT2D eigenvalue weighted by Gasteiger charge is 2.63. The van der Waals surface area contributed by atoms with Crippen LogP contribution in [0.15, 0.2) is 0 Å². The smallest absolute Gasteiger partial charge is 0.324 e. The number of carbonyl (C=O) groups is 1. The highest BCUT2D eigenvalue weighted by atomic mass is 19.3. The van der Waals surface area contributed by atoms with Crippen LogP contribution in [-0.4, -0.2) is 40.5 Å². The molecule has 1 atom stereocenters. The number of halogens is 2. The van der Waals surface area contributed by atoms with Crippen molar-refractivity contribution in [3.05, 3.63) is 0 Å². The Morgan fingerprint density at radius 1 is 1.50 bits per heavy atom. The van der Waals surface area contributed by atoms with Crippen molar-refractivity contribution in [1.29, 1.82) is 0 Å². The Morgan fingerprint density at radius 2 is 2.17 bits per heavy atom. The number of carboxylic acids is 1. The first-order valence-electron chi connectivity index (χ1n) is 3.83. The molecule has 12 heavy (non-hydrogen) atoms. The third kappa shape index (κ3) is 0.798. The van der Waals surface area contributed by atoms with Gasteiger partial charge in [0, 0.05) is 13.0 Å². The molecule has 2 saturated heterocycles. The minimum Gasteiger partial charge on any atom is -0.480 e. The van der Waals surface area contributed by atoms with Gasteiger partial charge < -0.3 is 5.11 Å². The average molecular weight is 177 g/mol. The monoisotopic (exact) mass is 177 g/mol. The molecule has 2 rings (SSSR count). The van der Waals surface area contributed by atoms with E-state index in [1.165, 1.54) is 4.90 Å². The summed E-state index contributed by atoms with van der Waals surface area (Å²) < 4.78 is 25.6. The quantitative estimate of drug-likeness (QED) is 0.636. The van der Waals surface area contributed by atoms with Crippen molar-refractivity contribution < 1.29 is 18.7 Å². The fraction of sp³-hybridized carbons (Fsp3) is 0.857. The van der Waals surface area contributed by atoms with Gasteiger partial charge >= 0.3 is 5.97 Å². The largest absolute Gasteiger partial charge is 0.480 e. The van der Waals surface area contributed by atoms with E-state index in [0.29, 0.717) is 13.0 Å². The number of alkyl halides is 2. The Labute approximate surface area is 68.0 Å². The molecule has 0 aromatic rings. The van der Waals surface area contributed by atoms with Crippen molar-refractivity contribution in [3.8, 4) is 0 Å². The van der Waals surface area contributed by atoms with Gasteiger partial charge in [0.25, 0.3) is 5.92 Å². The molecule has 0 aromatic carbocycles. The molecule has 2 aliphatic heterocycles. The lowest BCUT2D eigenvalue weighted by molar-refractivity contribution is -0.157. The molecule has 68 valence electrons. The van der Waals surface area contributed by atoms with Crippen molar-refractivity contribution in [2.45, 2.75) is 24.3 Å². The lowest BCUT2D eigenvalue weighted by Gasteiger charge is -2.43. The standard InChI is InChI=1S/C7H9F2NO2/c8-7(9)3-6(5(11)12)1-2-10(6)4-7/h1-4H2,(H,11,12). The number of rotatable bonds is 1. The zero-order valence-corrected chi connectivity index (χ0v) is 6.39. The Balaban J connectivity index is 2.25.